The highest BCUT2D eigenvalue weighted by Gasteiger charge is 2.20. The van der Waals surface area contributed by atoms with E-state index in [0.29, 0.717) is 17.7 Å². The first-order valence-electron chi connectivity index (χ1n) is 5.21. The second kappa shape index (κ2) is 4.65. The minimum atomic E-state index is -0.242. The lowest BCUT2D eigenvalue weighted by molar-refractivity contribution is 0.103. The van der Waals surface area contributed by atoms with E-state index in [1.165, 1.54) is 0 Å². The van der Waals surface area contributed by atoms with Gasteiger partial charge in [-0.25, -0.2) is 5.10 Å². The Morgan fingerprint density at radius 2 is 2.12 bits per heavy atom. The molecule has 0 saturated heterocycles. The zero-order valence-electron chi connectivity index (χ0n) is 9.18. The van der Waals surface area contributed by atoms with Gasteiger partial charge in [-0.3, -0.25) is 4.79 Å². The van der Waals surface area contributed by atoms with E-state index in [1.54, 1.807) is 30.3 Å². The molecule has 0 fully saturated rings. The molecule has 0 aliphatic rings. The summed E-state index contributed by atoms with van der Waals surface area (Å²) in [6.07, 6.45) is 2.07. The van der Waals surface area contributed by atoms with Crippen LogP contribution in [0.4, 0.5) is 0 Å². The van der Waals surface area contributed by atoms with E-state index in [1.807, 2.05) is 6.07 Å². The molecule has 0 bridgehead atoms. The van der Waals surface area contributed by atoms with Gasteiger partial charge < -0.3 is 5.11 Å². The van der Waals surface area contributed by atoms with Gasteiger partial charge in [-0.15, -0.1) is 6.58 Å². The number of aromatic nitrogens is 2. The SMILES string of the molecule is C=CCc1n[nH]c(O)c1C(=O)c1ccccc1. The van der Waals surface area contributed by atoms with Crippen LogP contribution in [0.1, 0.15) is 21.6 Å². The largest absolute Gasteiger partial charge is 0.493 e. The summed E-state index contributed by atoms with van der Waals surface area (Å²) in [6.45, 7) is 3.59. The lowest BCUT2D eigenvalue weighted by atomic mass is 10.0. The van der Waals surface area contributed by atoms with Crippen LogP contribution in [-0.2, 0) is 6.42 Å². The lowest BCUT2D eigenvalue weighted by Gasteiger charge is -2.00. The average Bonchev–Trinajstić information content (AvgIpc) is 2.71. The molecule has 17 heavy (non-hydrogen) atoms. The number of H-pyrrole nitrogens is 1. The highest BCUT2D eigenvalue weighted by atomic mass is 16.3. The van der Waals surface area contributed by atoms with Gasteiger partial charge in [0, 0.05) is 12.0 Å². The van der Waals surface area contributed by atoms with Crippen LogP contribution >= 0.6 is 0 Å². The summed E-state index contributed by atoms with van der Waals surface area (Å²) >= 11 is 0. The van der Waals surface area contributed by atoms with Gasteiger partial charge in [-0.05, 0) is 0 Å². The van der Waals surface area contributed by atoms with Crippen molar-refractivity contribution < 1.29 is 9.90 Å². The molecule has 1 heterocycles. The van der Waals surface area contributed by atoms with Gasteiger partial charge in [0.2, 0.25) is 5.88 Å². The molecule has 4 nitrogen and oxygen atoms in total. The molecule has 0 amide bonds. The fraction of sp³-hybridized carbons (Fsp3) is 0.0769. The van der Waals surface area contributed by atoms with Crippen LogP contribution in [0, 0.1) is 0 Å². The molecule has 86 valence electrons. The van der Waals surface area contributed by atoms with Gasteiger partial charge >= 0.3 is 0 Å². The average molecular weight is 228 g/mol. The van der Waals surface area contributed by atoms with Gasteiger partial charge in [0.15, 0.2) is 5.78 Å². The first kappa shape index (κ1) is 11.1. The zero-order chi connectivity index (χ0) is 12.3. The molecule has 2 rings (SSSR count). The monoisotopic (exact) mass is 228 g/mol. The predicted octanol–water partition coefficient (Wildman–Crippen LogP) is 2.07. The molecule has 1 aromatic heterocycles. The summed E-state index contributed by atoms with van der Waals surface area (Å²) in [5, 5.41) is 15.9. The smallest absolute Gasteiger partial charge is 0.218 e. The van der Waals surface area contributed by atoms with Crippen LogP contribution < -0.4 is 0 Å². The standard InChI is InChI=1S/C13H12N2O2/c1-2-6-10-11(13(17)15-14-10)12(16)9-7-4-3-5-8-9/h2-5,7-8H,1,6H2,(H2,14,15,17). The molecule has 0 spiro atoms. The second-order valence-corrected chi connectivity index (χ2v) is 3.58. The fourth-order valence-electron chi connectivity index (χ4n) is 1.63. The van der Waals surface area contributed by atoms with E-state index < -0.39 is 0 Å². The second-order valence-electron chi connectivity index (χ2n) is 3.58. The van der Waals surface area contributed by atoms with Gasteiger partial charge in [0.1, 0.15) is 5.56 Å². The van der Waals surface area contributed by atoms with E-state index in [-0.39, 0.29) is 17.2 Å². The highest BCUT2D eigenvalue weighted by molar-refractivity contribution is 6.11. The number of allylic oxidation sites excluding steroid dienone is 1. The van der Waals surface area contributed by atoms with Gasteiger partial charge in [0.25, 0.3) is 0 Å². The number of carbonyl (C=O) groups is 1. The van der Waals surface area contributed by atoms with Crippen LogP contribution in [0.15, 0.2) is 43.0 Å². The maximum Gasteiger partial charge on any atom is 0.218 e. The summed E-state index contributed by atoms with van der Waals surface area (Å²) < 4.78 is 0. The number of nitrogens with zero attached hydrogens (tertiary/aromatic N) is 1. The predicted molar refractivity (Wildman–Crippen MR) is 64.0 cm³/mol. The Balaban J connectivity index is 2.43. The molecule has 0 atom stereocenters. The Hall–Kier alpha value is -2.36. The van der Waals surface area contributed by atoms with E-state index >= 15 is 0 Å². The summed E-state index contributed by atoms with van der Waals surface area (Å²) in [5.74, 6) is -0.440. The van der Waals surface area contributed by atoms with Crippen molar-refractivity contribution in [2.24, 2.45) is 0 Å². The number of carbonyl (C=O) groups excluding carboxylic acids is 1. The van der Waals surface area contributed by atoms with Crippen molar-refractivity contribution >= 4 is 5.78 Å². The van der Waals surface area contributed by atoms with Gasteiger partial charge in [0.05, 0.1) is 5.69 Å². The number of rotatable bonds is 4. The van der Waals surface area contributed by atoms with Crippen LogP contribution in [0.5, 0.6) is 5.88 Å². The first-order valence-corrected chi connectivity index (χ1v) is 5.21. The van der Waals surface area contributed by atoms with Crippen LogP contribution in [0.3, 0.4) is 0 Å². The summed E-state index contributed by atoms with van der Waals surface area (Å²) in [5.41, 5.74) is 1.25. The number of aromatic amines is 1. The lowest BCUT2D eigenvalue weighted by Crippen LogP contribution is -2.03. The first-order chi connectivity index (χ1) is 8.24. The van der Waals surface area contributed by atoms with Crippen molar-refractivity contribution in [3.8, 4) is 5.88 Å². The topological polar surface area (TPSA) is 66.0 Å². The quantitative estimate of drug-likeness (QED) is 0.622. The van der Waals surface area contributed by atoms with Crippen LogP contribution in [-0.4, -0.2) is 21.1 Å². The van der Waals surface area contributed by atoms with Crippen molar-refractivity contribution in [3.63, 3.8) is 0 Å². The molecule has 2 aromatic rings. The Morgan fingerprint density at radius 1 is 1.41 bits per heavy atom. The molecule has 0 aliphatic carbocycles. The maximum absolute atomic E-state index is 12.2. The van der Waals surface area contributed by atoms with Gasteiger partial charge in [-0.1, -0.05) is 36.4 Å². The van der Waals surface area contributed by atoms with Crippen LogP contribution in [0.2, 0.25) is 0 Å². The van der Waals surface area contributed by atoms with E-state index in [9.17, 15) is 9.90 Å². The van der Waals surface area contributed by atoms with Crippen LogP contribution in [0.25, 0.3) is 0 Å². The van der Waals surface area contributed by atoms with Crippen molar-refractivity contribution in [1.82, 2.24) is 10.2 Å². The van der Waals surface area contributed by atoms with E-state index in [4.69, 9.17) is 0 Å². The number of hydrogen-bond donors (Lipinski definition) is 2. The van der Waals surface area contributed by atoms with Crippen molar-refractivity contribution in [2.45, 2.75) is 6.42 Å². The Kier molecular flexibility index (Phi) is 3.05. The van der Waals surface area contributed by atoms with E-state index in [0.717, 1.165) is 0 Å². The minimum absolute atomic E-state index is 0.198. The minimum Gasteiger partial charge on any atom is -0.493 e. The summed E-state index contributed by atoms with van der Waals surface area (Å²) in [7, 11) is 0. The molecule has 0 saturated carbocycles. The molecule has 1 aromatic carbocycles. The fourth-order valence-corrected chi connectivity index (χ4v) is 1.63. The number of nitrogens with one attached hydrogen (secondary N) is 1. The molecule has 0 radical (unpaired) electrons. The Labute approximate surface area is 98.6 Å². The molecule has 4 heteroatoms. The molecule has 2 N–H and O–H groups in total. The third-order valence-corrected chi connectivity index (χ3v) is 2.42. The Morgan fingerprint density at radius 3 is 2.76 bits per heavy atom. The molecular weight excluding hydrogens is 216 g/mol. The van der Waals surface area contributed by atoms with E-state index in [2.05, 4.69) is 16.8 Å². The normalized spacial score (nSPS) is 10.1. The number of ketones is 1. The summed E-state index contributed by atoms with van der Waals surface area (Å²) in [6, 6.07) is 8.78. The number of benzene rings is 1. The third-order valence-electron chi connectivity index (χ3n) is 2.42. The third kappa shape index (κ3) is 2.10. The molecule has 0 unspecified atom stereocenters. The maximum atomic E-state index is 12.2. The molecule has 0 aliphatic heterocycles. The van der Waals surface area contributed by atoms with Crippen molar-refractivity contribution in [3.05, 3.63) is 59.8 Å². The number of hydrogen-bond acceptors (Lipinski definition) is 3. The number of aromatic hydroxyl groups is 1. The zero-order valence-corrected chi connectivity index (χ0v) is 9.18. The Bertz CT molecular complexity index is 544. The van der Waals surface area contributed by atoms with Gasteiger partial charge in [-0.2, -0.15) is 5.10 Å². The highest BCUT2D eigenvalue weighted by Crippen LogP contribution is 2.22. The molecular formula is C13H12N2O2. The van der Waals surface area contributed by atoms with Crippen molar-refractivity contribution in [2.75, 3.05) is 0 Å². The summed E-state index contributed by atoms with van der Waals surface area (Å²) in [4.78, 5) is 12.2. The van der Waals surface area contributed by atoms with Crippen molar-refractivity contribution in [1.29, 1.82) is 0 Å².